The molecule has 23 heavy (non-hydrogen) atoms. The third kappa shape index (κ3) is 5.45. The lowest BCUT2D eigenvalue weighted by molar-refractivity contribution is 0.257. The van der Waals surface area contributed by atoms with Gasteiger partial charge in [0.1, 0.15) is 5.75 Å². The Morgan fingerprint density at radius 3 is 2.22 bits per heavy atom. The molecule has 0 aliphatic carbocycles. The molecular formula is C19H24ClNO2. The highest BCUT2D eigenvalue weighted by atomic mass is 35.5. The van der Waals surface area contributed by atoms with E-state index in [1.165, 1.54) is 25.9 Å². The van der Waals surface area contributed by atoms with Gasteiger partial charge in [-0.15, -0.1) is 12.4 Å². The van der Waals surface area contributed by atoms with Crippen molar-refractivity contribution in [2.45, 2.75) is 19.3 Å². The van der Waals surface area contributed by atoms with Gasteiger partial charge in [-0.2, -0.15) is 0 Å². The molecule has 2 aromatic carbocycles. The molecule has 0 aromatic heterocycles. The highest BCUT2D eigenvalue weighted by molar-refractivity contribution is 5.85. The Bertz CT molecular complexity index is 571. The second-order valence-corrected chi connectivity index (χ2v) is 5.61. The van der Waals surface area contributed by atoms with Gasteiger partial charge in [0.15, 0.2) is 11.5 Å². The van der Waals surface area contributed by atoms with Crippen molar-refractivity contribution in [3.8, 4) is 17.2 Å². The standard InChI is InChI=1S/C19H23NO2.ClH/c1-2-9-17(10-3-1)22-19-12-5-4-11-18(19)21-16-8-15-20-13-6-7-14-20;/h1-5,9-12H,6-8,13-16H2;1H. The van der Waals surface area contributed by atoms with Gasteiger partial charge in [0.25, 0.3) is 0 Å². The van der Waals surface area contributed by atoms with Crippen molar-refractivity contribution >= 4 is 12.4 Å². The van der Waals surface area contributed by atoms with Gasteiger partial charge in [-0.25, -0.2) is 0 Å². The predicted molar refractivity (Wildman–Crippen MR) is 96.0 cm³/mol. The van der Waals surface area contributed by atoms with Crippen molar-refractivity contribution in [2.24, 2.45) is 0 Å². The van der Waals surface area contributed by atoms with Gasteiger partial charge in [-0.3, -0.25) is 0 Å². The summed E-state index contributed by atoms with van der Waals surface area (Å²) in [6, 6.07) is 17.7. The largest absolute Gasteiger partial charge is 0.490 e. The van der Waals surface area contributed by atoms with E-state index in [1.807, 2.05) is 54.6 Å². The van der Waals surface area contributed by atoms with E-state index in [1.54, 1.807) is 0 Å². The van der Waals surface area contributed by atoms with Crippen LogP contribution in [0, 0.1) is 0 Å². The highest BCUT2D eigenvalue weighted by Crippen LogP contribution is 2.31. The van der Waals surface area contributed by atoms with E-state index in [0.717, 1.165) is 36.8 Å². The molecule has 1 aliphatic rings. The molecule has 1 aliphatic heterocycles. The monoisotopic (exact) mass is 333 g/mol. The maximum absolute atomic E-state index is 5.92. The van der Waals surface area contributed by atoms with E-state index in [9.17, 15) is 0 Å². The summed E-state index contributed by atoms with van der Waals surface area (Å²) < 4.78 is 11.8. The highest BCUT2D eigenvalue weighted by Gasteiger charge is 2.11. The molecule has 0 saturated carbocycles. The first-order chi connectivity index (χ1) is 10.9. The van der Waals surface area contributed by atoms with Crippen molar-refractivity contribution in [1.82, 2.24) is 4.90 Å². The molecule has 0 bridgehead atoms. The van der Waals surface area contributed by atoms with E-state index >= 15 is 0 Å². The third-order valence-corrected chi connectivity index (χ3v) is 3.90. The maximum Gasteiger partial charge on any atom is 0.169 e. The van der Waals surface area contributed by atoms with Crippen LogP contribution in [0.1, 0.15) is 19.3 Å². The topological polar surface area (TPSA) is 21.7 Å². The molecule has 4 heteroatoms. The van der Waals surface area contributed by atoms with Gasteiger partial charge >= 0.3 is 0 Å². The van der Waals surface area contributed by atoms with Gasteiger partial charge < -0.3 is 14.4 Å². The molecule has 124 valence electrons. The van der Waals surface area contributed by atoms with Crippen LogP contribution in [0.4, 0.5) is 0 Å². The first-order valence-electron chi connectivity index (χ1n) is 8.09. The molecule has 2 aromatic rings. The summed E-state index contributed by atoms with van der Waals surface area (Å²) in [5.41, 5.74) is 0. The van der Waals surface area contributed by atoms with Crippen molar-refractivity contribution in [3.63, 3.8) is 0 Å². The Labute approximate surface area is 144 Å². The van der Waals surface area contributed by atoms with Crippen LogP contribution in [-0.2, 0) is 0 Å². The Hall–Kier alpha value is -1.71. The Morgan fingerprint density at radius 1 is 0.826 bits per heavy atom. The zero-order valence-electron chi connectivity index (χ0n) is 13.3. The van der Waals surface area contributed by atoms with E-state index in [0.29, 0.717) is 0 Å². The molecule has 0 amide bonds. The smallest absolute Gasteiger partial charge is 0.169 e. The lowest BCUT2D eigenvalue weighted by atomic mass is 10.3. The van der Waals surface area contributed by atoms with Crippen molar-refractivity contribution in [3.05, 3.63) is 54.6 Å². The second-order valence-electron chi connectivity index (χ2n) is 5.61. The summed E-state index contributed by atoms with van der Waals surface area (Å²) in [4.78, 5) is 2.51. The summed E-state index contributed by atoms with van der Waals surface area (Å²) in [5, 5.41) is 0. The number of ether oxygens (including phenoxy) is 2. The summed E-state index contributed by atoms with van der Waals surface area (Å²) in [7, 11) is 0. The van der Waals surface area contributed by atoms with Crippen LogP contribution in [-0.4, -0.2) is 31.1 Å². The van der Waals surface area contributed by atoms with Crippen LogP contribution in [0.5, 0.6) is 17.2 Å². The van der Waals surface area contributed by atoms with Crippen LogP contribution in [0.2, 0.25) is 0 Å². The fourth-order valence-corrected chi connectivity index (χ4v) is 2.75. The predicted octanol–water partition coefficient (Wildman–Crippen LogP) is 4.77. The van der Waals surface area contributed by atoms with Crippen LogP contribution in [0.3, 0.4) is 0 Å². The molecule has 0 unspecified atom stereocenters. The fraction of sp³-hybridized carbons (Fsp3) is 0.368. The van der Waals surface area contributed by atoms with E-state index in [4.69, 9.17) is 9.47 Å². The molecule has 1 fully saturated rings. The van der Waals surface area contributed by atoms with Crippen molar-refractivity contribution in [1.29, 1.82) is 0 Å². The van der Waals surface area contributed by atoms with E-state index < -0.39 is 0 Å². The van der Waals surface area contributed by atoms with E-state index in [2.05, 4.69) is 4.90 Å². The molecule has 0 N–H and O–H groups in total. The number of hydrogen-bond acceptors (Lipinski definition) is 3. The summed E-state index contributed by atoms with van der Waals surface area (Å²) in [5.74, 6) is 2.42. The summed E-state index contributed by atoms with van der Waals surface area (Å²) in [6.07, 6.45) is 3.74. The third-order valence-electron chi connectivity index (χ3n) is 3.90. The zero-order chi connectivity index (χ0) is 15.0. The molecule has 0 spiro atoms. The number of halogens is 1. The van der Waals surface area contributed by atoms with Gasteiger partial charge in [0.2, 0.25) is 0 Å². The van der Waals surface area contributed by atoms with Crippen LogP contribution >= 0.6 is 12.4 Å². The molecule has 3 rings (SSSR count). The van der Waals surface area contributed by atoms with Crippen LogP contribution in [0.15, 0.2) is 54.6 Å². The minimum absolute atomic E-state index is 0. The van der Waals surface area contributed by atoms with Crippen LogP contribution in [0.25, 0.3) is 0 Å². The van der Waals surface area contributed by atoms with Gasteiger partial charge in [0.05, 0.1) is 6.61 Å². The first kappa shape index (κ1) is 17.6. The lowest BCUT2D eigenvalue weighted by Crippen LogP contribution is -2.21. The maximum atomic E-state index is 5.92. The molecular weight excluding hydrogens is 310 g/mol. The Kier molecular flexibility index (Phi) is 7.24. The van der Waals surface area contributed by atoms with Crippen molar-refractivity contribution in [2.75, 3.05) is 26.2 Å². The number of hydrogen-bond donors (Lipinski definition) is 0. The molecule has 0 radical (unpaired) electrons. The number of nitrogens with zero attached hydrogens (tertiary/aromatic N) is 1. The average Bonchev–Trinajstić information content (AvgIpc) is 3.07. The quantitative estimate of drug-likeness (QED) is 0.681. The normalized spacial score (nSPS) is 14.3. The fourth-order valence-electron chi connectivity index (χ4n) is 2.75. The molecule has 3 nitrogen and oxygen atoms in total. The first-order valence-corrected chi connectivity index (χ1v) is 8.09. The lowest BCUT2D eigenvalue weighted by Gasteiger charge is -2.15. The Balaban J connectivity index is 0.00000192. The summed E-state index contributed by atoms with van der Waals surface area (Å²) in [6.45, 7) is 4.34. The van der Waals surface area contributed by atoms with Crippen molar-refractivity contribution < 1.29 is 9.47 Å². The molecule has 1 heterocycles. The Morgan fingerprint density at radius 2 is 1.48 bits per heavy atom. The molecule has 0 atom stereocenters. The van der Waals surface area contributed by atoms with Gasteiger partial charge in [0, 0.05) is 6.54 Å². The van der Waals surface area contributed by atoms with E-state index in [-0.39, 0.29) is 12.4 Å². The number of benzene rings is 2. The number of rotatable bonds is 7. The summed E-state index contributed by atoms with van der Waals surface area (Å²) >= 11 is 0. The average molecular weight is 334 g/mol. The number of para-hydroxylation sites is 3. The van der Waals surface area contributed by atoms with Crippen LogP contribution < -0.4 is 9.47 Å². The molecule has 1 saturated heterocycles. The minimum atomic E-state index is 0. The SMILES string of the molecule is Cl.c1ccc(Oc2ccccc2OCCCN2CCCC2)cc1. The zero-order valence-corrected chi connectivity index (χ0v) is 14.1. The van der Waals surface area contributed by atoms with Gasteiger partial charge in [-0.05, 0) is 56.6 Å². The number of likely N-dealkylation sites (tertiary alicyclic amines) is 1. The second kappa shape index (κ2) is 9.43. The minimum Gasteiger partial charge on any atom is -0.490 e. The van der Waals surface area contributed by atoms with Gasteiger partial charge in [-0.1, -0.05) is 30.3 Å².